The first-order chi connectivity index (χ1) is 10.9. The predicted molar refractivity (Wildman–Crippen MR) is 80.6 cm³/mol. The van der Waals surface area contributed by atoms with E-state index in [1.165, 1.54) is 29.2 Å². The van der Waals surface area contributed by atoms with Crippen LogP contribution in [-0.2, 0) is 11.3 Å². The van der Waals surface area contributed by atoms with Crippen molar-refractivity contribution in [2.75, 3.05) is 19.0 Å². The van der Waals surface area contributed by atoms with Crippen LogP contribution >= 0.6 is 11.6 Å². The third-order valence-corrected chi connectivity index (χ3v) is 4.11. The van der Waals surface area contributed by atoms with Crippen molar-refractivity contribution >= 4 is 23.6 Å². The number of rotatable bonds is 4. The highest BCUT2D eigenvalue weighted by Gasteiger charge is 2.37. The van der Waals surface area contributed by atoms with Crippen LogP contribution in [0, 0.1) is 5.82 Å². The van der Waals surface area contributed by atoms with Crippen LogP contribution in [0.2, 0.25) is 0 Å². The number of carbonyl (C=O) groups is 2. The summed E-state index contributed by atoms with van der Waals surface area (Å²) >= 11 is 5.61. The number of alkyl halides is 2. The molecule has 2 rings (SSSR count). The molecule has 8 heteroatoms. The molecule has 1 N–H and O–H groups in total. The van der Waals surface area contributed by atoms with Gasteiger partial charge in [0, 0.05) is 13.1 Å². The maximum atomic E-state index is 14.4. The molecule has 0 unspecified atom stereocenters. The molecule has 2 atom stereocenters. The molecule has 1 aliphatic rings. The molecule has 23 heavy (non-hydrogen) atoms. The summed E-state index contributed by atoms with van der Waals surface area (Å²) in [6, 6.07) is 4.81. The zero-order valence-corrected chi connectivity index (χ0v) is 13.0. The molecule has 0 saturated carbocycles. The van der Waals surface area contributed by atoms with E-state index in [9.17, 15) is 18.4 Å². The Morgan fingerprint density at radius 1 is 1.35 bits per heavy atom. The van der Waals surface area contributed by atoms with Crippen molar-refractivity contribution < 1.29 is 23.5 Å². The van der Waals surface area contributed by atoms with Gasteiger partial charge in [-0.25, -0.2) is 13.6 Å². The minimum absolute atomic E-state index is 0.101. The van der Waals surface area contributed by atoms with Crippen LogP contribution in [0.5, 0.6) is 0 Å². The van der Waals surface area contributed by atoms with Crippen LogP contribution in [0.3, 0.4) is 0 Å². The lowest BCUT2D eigenvalue weighted by molar-refractivity contribution is -0.134. The summed E-state index contributed by atoms with van der Waals surface area (Å²) in [5.74, 6) is -1.14. The third kappa shape index (κ3) is 4.31. The number of hydrogen-bond acceptors (Lipinski definition) is 2. The molecule has 0 aromatic heterocycles. The molecule has 5 nitrogen and oxygen atoms in total. The van der Waals surface area contributed by atoms with E-state index < -0.39 is 30.0 Å². The lowest BCUT2D eigenvalue weighted by Crippen LogP contribution is -2.55. The molecule has 126 valence electrons. The van der Waals surface area contributed by atoms with Crippen molar-refractivity contribution in [3.8, 4) is 0 Å². The molecule has 2 amide bonds. The Labute approximate surface area is 137 Å². The molecule has 0 radical (unpaired) electrons. The standard InChI is InChI=1S/C15H17ClF2N2O3/c16-7-14(21)20(8-10-1-3-11(17)4-2-10)13-5-6-19(15(22)23)9-12(13)18/h1-4,12-13H,5-9H2,(H,22,23)/t12-,13+/m0/s1. The van der Waals surface area contributed by atoms with Gasteiger partial charge in [0.15, 0.2) is 0 Å². The third-order valence-electron chi connectivity index (χ3n) is 3.88. The highest BCUT2D eigenvalue weighted by Crippen LogP contribution is 2.22. The van der Waals surface area contributed by atoms with E-state index >= 15 is 0 Å². The Bertz CT molecular complexity index is 570. The summed E-state index contributed by atoms with van der Waals surface area (Å²) in [5.41, 5.74) is 0.651. The van der Waals surface area contributed by atoms with Gasteiger partial charge in [-0.2, -0.15) is 0 Å². The first kappa shape index (κ1) is 17.5. The molecule has 1 heterocycles. The van der Waals surface area contributed by atoms with E-state index in [-0.39, 0.29) is 31.9 Å². The van der Waals surface area contributed by atoms with Crippen molar-refractivity contribution in [1.82, 2.24) is 9.80 Å². The first-order valence-corrected chi connectivity index (χ1v) is 7.67. The van der Waals surface area contributed by atoms with Gasteiger partial charge >= 0.3 is 6.09 Å². The molecule has 1 saturated heterocycles. The fraction of sp³-hybridized carbons (Fsp3) is 0.467. The normalized spacial score (nSPS) is 21.1. The number of carbonyl (C=O) groups excluding carboxylic acids is 1. The Kier molecular flexibility index (Phi) is 5.76. The quantitative estimate of drug-likeness (QED) is 0.852. The average molecular weight is 347 g/mol. The highest BCUT2D eigenvalue weighted by molar-refractivity contribution is 6.27. The largest absolute Gasteiger partial charge is 0.465 e. The second-order valence-electron chi connectivity index (χ2n) is 5.38. The van der Waals surface area contributed by atoms with E-state index in [0.29, 0.717) is 5.56 Å². The number of halogens is 3. The zero-order valence-electron chi connectivity index (χ0n) is 12.3. The zero-order chi connectivity index (χ0) is 17.0. The van der Waals surface area contributed by atoms with Gasteiger partial charge in [0.05, 0.1) is 12.6 Å². The van der Waals surface area contributed by atoms with E-state index in [2.05, 4.69) is 0 Å². The summed E-state index contributed by atoms with van der Waals surface area (Å²) in [5, 5.41) is 8.92. The van der Waals surface area contributed by atoms with Gasteiger partial charge in [-0.05, 0) is 24.1 Å². The summed E-state index contributed by atoms with van der Waals surface area (Å²) in [7, 11) is 0. The van der Waals surface area contributed by atoms with Gasteiger partial charge in [0.1, 0.15) is 17.9 Å². The SMILES string of the molecule is O=C(O)N1CC[C@@H](N(Cc2ccc(F)cc2)C(=O)CCl)[C@@H](F)C1. The van der Waals surface area contributed by atoms with Gasteiger partial charge < -0.3 is 14.9 Å². The summed E-state index contributed by atoms with van der Waals surface area (Å²) in [4.78, 5) is 25.3. The number of hydrogen-bond donors (Lipinski definition) is 1. The van der Waals surface area contributed by atoms with E-state index in [4.69, 9.17) is 16.7 Å². The van der Waals surface area contributed by atoms with Gasteiger partial charge in [0.2, 0.25) is 5.91 Å². The van der Waals surface area contributed by atoms with Gasteiger partial charge in [-0.15, -0.1) is 11.6 Å². The van der Waals surface area contributed by atoms with Crippen molar-refractivity contribution in [2.45, 2.75) is 25.2 Å². The maximum Gasteiger partial charge on any atom is 0.407 e. The second-order valence-corrected chi connectivity index (χ2v) is 5.65. The molecule has 1 aliphatic heterocycles. The van der Waals surface area contributed by atoms with Crippen molar-refractivity contribution in [1.29, 1.82) is 0 Å². The molecule has 1 aromatic carbocycles. The fourth-order valence-electron chi connectivity index (χ4n) is 2.67. The minimum Gasteiger partial charge on any atom is -0.465 e. The second kappa shape index (κ2) is 7.59. The van der Waals surface area contributed by atoms with E-state index in [0.717, 1.165) is 4.90 Å². The van der Waals surface area contributed by atoms with E-state index in [1.54, 1.807) is 0 Å². The van der Waals surface area contributed by atoms with Crippen molar-refractivity contribution in [2.24, 2.45) is 0 Å². The van der Waals surface area contributed by atoms with Crippen molar-refractivity contribution in [3.05, 3.63) is 35.6 Å². The number of benzene rings is 1. The molecular weight excluding hydrogens is 330 g/mol. The molecule has 1 aromatic rings. The summed E-state index contributed by atoms with van der Waals surface area (Å²) < 4.78 is 27.3. The van der Waals surface area contributed by atoms with Gasteiger partial charge in [0.25, 0.3) is 0 Å². The Hall–Kier alpha value is -1.89. The van der Waals surface area contributed by atoms with Gasteiger partial charge in [-0.3, -0.25) is 4.79 Å². The Morgan fingerprint density at radius 2 is 2.00 bits per heavy atom. The maximum absolute atomic E-state index is 14.4. The molecule has 1 fully saturated rings. The van der Waals surface area contributed by atoms with Crippen LogP contribution in [0.1, 0.15) is 12.0 Å². The first-order valence-electron chi connectivity index (χ1n) is 7.14. The Balaban J connectivity index is 2.13. The highest BCUT2D eigenvalue weighted by atomic mass is 35.5. The average Bonchev–Trinajstić information content (AvgIpc) is 2.54. The molecular formula is C15H17ClF2N2O3. The van der Waals surface area contributed by atoms with Crippen LogP contribution in [0.25, 0.3) is 0 Å². The lowest BCUT2D eigenvalue weighted by atomic mass is 10.0. The van der Waals surface area contributed by atoms with Crippen LogP contribution < -0.4 is 0 Å². The fourth-order valence-corrected chi connectivity index (χ4v) is 2.82. The molecule has 0 spiro atoms. The number of piperidine rings is 1. The van der Waals surface area contributed by atoms with E-state index in [1.807, 2.05) is 0 Å². The van der Waals surface area contributed by atoms with Crippen LogP contribution in [-0.4, -0.2) is 58.1 Å². The Morgan fingerprint density at radius 3 is 2.52 bits per heavy atom. The number of carboxylic acid groups (broad SMARTS) is 1. The summed E-state index contributed by atoms with van der Waals surface area (Å²) in [6.07, 6.45) is -2.48. The summed E-state index contributed by atoms with van der Waals surface area (Å²) in [6.45, 7) is -0.0324. The van der Waals surface area contributed by atoms with Crippen LogP contribution in [0.15, 0.2) is 24.3 Å². The predicted octanol–water partition coefficient (Wildman–Crippen LogP) is 2.48. The lowest BCUT2D eigenvalue weighted by Gasteiger charge is -2.39. The van der Waals surface area contributed by atoms with Crippen LogP contribution in [0.4, 0.5) is 13.6 Å². The molecule has 0 aliphatic carbocycles. The number of nitrogens with zero attached hydrogens (tertiary/aromatic N) is 2. The van der Waals surface area contributed by atoms with Crippen molar-refractivity contribution in [3.63, 3.8) is 0 Å². The minimum atomic E-state index is -1.49. The smallest absolute Gasteiger partial charge is 0.407 e. The monoisotopic (exact) mass is 346 g/mol. The number of likely N-dealkylation sites (tertiary alicyclic amines) is 1. The van der Waals surface area contributed by atoms with Gasteiger partial charge in [-0.1, -0.05) is 12.1 Å². The topological polar surface area (TPSA) is 60.9 Å². The number of amides is 2. The molecule has 0 bridgehead atoms.